The van der Waals surface area contributed by atoms with Crippen LogP contribution < -0.4 is 10.6 Å². The molecule has 1 aromatic heterocycles. The van der Waals surface area contributed by atoms with E-state index in [0.717, 1.165) is 18.8 Å². The molecule has 1 aliphatic rings. The van der Waals surface area contributed by atoms with Crippen molar-refractivity contribution in [2.24, 2.45) is 12.8 Å². The summed E-state index contributed by atoms with van der Waals surface area (Å²) in [4.78, 5) is 3.74. The van der Waals surface area contributed by atoms with Crippen LogP contribution in [0, 0.1) is 0 Å². The number of nitrogens with zero attached hydrogens (tertiary/aromatic N) is 5. The highest BCUT2D eigenvalue weighted by atomic mass is 15.6. The van der Waals surface area contributed by atoms with E-state index in [0.29, 0.717) is 6.54 Å². The molecule has 6 nitrogen and oxygen atoms in total. The number of para-hydroxylation sites is 1. The molecule has 0 saturated heterocycles. The fourth-order valence-electron chi connectivity index (χ4n) is 2.38. The Labute approximate surface area is 105 Å². The number of rotatable bonds is 2. The van der Waals surface area contributed by atoms with Gasteiger partial charge in [-0.3, -0.25) is 0 Å². The minimum atomic E-state index is 0.132. The number of hydrogen-bond acceptors (Lipinski definition) is 5. The number of nitrogens with two attached hydrogens (primary N) is 1. The Balaban J connectivity index is 1.88. The van der Waals surface area contributed by atoms with Crippen molar-refractivity contribution in [3.8, 4) is 0 Å². The van der Waals surface area contributed by atoms with Crippen LogP contribution in [0.2, 0.25) is 0 Å². The number of tetrazole rings is 1. The molecule has 2 heterocycles. The maximum absolute atomic E-state index is 6.13. The van der Waals surface area contributed by atoms with Crippen LogP contribution in [0.25, 0.3) is 0 Å². The van der Waals surface area contributed by atoms with E-state index in [9.17, 15) is 0 Å². The topological polar surface area (TPSA) is 72.9 Å². The van der Waals surface area contributed by atoms with Gasteiger partial charge >= 0.3 is 0 Å². The zero-order chi connectivity index (χ0) is 12.5. The third-order valence-corrected chi connectivity index (χ3v) is 3.27. The van der Waals surface area contributed by atoms with Crippen molar-refractivity contribution in [2.45, 2.75) is 19.0 Å². The van der Waals surface area contributed by atoms with Gasteiger partial charge in [0.2, 0.25) is 0 Å². The van der Waals surface area contributed by atoms with Gasteiger partial charge in [-0.15, -0.1) is 10.2 Å². The lowest BCUT2D eigenvalue weighted by atomic mass is 9.97. The normalized spacial score (nSPS) is 18.8. The molecule has 0 saturated carbocycles. The molecule has 6 heteroatoms. The van der Waals surface area contributed by atoms with E-state index < -0.39 is 0 Å². The molecule has 18 heavy (non-hydrogen) atoms. The summed E-state index contributed by atoms with van der Waals surface area (Å²) in [6, 6.07) is 8.39. The van der Waals surface area contributed by atoms with Crippen LogP contribution in [0.15, 0.2) is 24.3 Å². The molecule has 0 spiro atoms. The lowest BCUT2D eigenvalue weighted by Crippen LogP contribution is -2.33. The second kappa shape index (κ2) is 4.38. The Hall–Kier alpha value is -1.95. The van der Waals surface area contributed by atoms with Gasteiger partial charge in [0.25, 0.3) is 0 Å². The summed E-state index contributed by atoms with van der Waals surface area (Å²) in [5.74, 6) is 0.739. The van der Waals surface area contributed by atoms with Crippen molar-refractivity contribution in [1.29, 1.82) is 0 Å². The summed E-state index contributed by atoms with van der Waals surface area (Å²) in [5.41, 5.74) is 8.52. The van der Waals surface area contributed by atoms with Crippen LogP contribution in [0.4, 0.5) is 5.69 Å². The van der Waals surface area contributed by atoms with E-state index in [1.165, 1.54) is 16.0 Å². The Morgan fingerprint density at radius 1 is 1.39 bits per heavy atom. The minimum Gasteiger partial charge on any atom is -0.363 e. The molecule has 1 aromatic carbocycles. The molecular formula is C12H16N6. The number of benzene rings is 1. The molecule has 0 aliphatic carbocycles. The minimum absolute atomic E-state index is 0.132. The first kappa shape index (κ1) is 11.2. The standard InChI is InChI=1S/C12H16N6/c1-17-15-12(14-16-17)8-18-7-6-10(13)9-4-2-3-5-11(9)18/h2-5,10H,6-8,13H2,1H3. The number of anilines is 1. The van der Waals surface area contributed by atoms with Gasteiger partial charge in [0.15, 0.2) is 5.82 Å². The van der Waals surface area contributed by atoms with Gasteiger partial charge in [-0.2, -0.15) is 4.80 Å². The third kappa shape index (κ3) is 1.95. The lowest BCUT2D eigenvalue weighted by molar-refractivity contribution is 0.582. The number of aryl methyl sites for hydroxylation is 1. The van der Waals surface area contributed by atoms with Crippen molar-refractivity contribution >= 4 is 5.69 Å². The first-order valence-electron chi connectivity index (χ1n) is 6.06. The second-order valence-corrected chi connectivity index (χ2v) is 4.57. The van der Waals surface area contributed by atoms with Gasteiger partial charge in [0, 0.05) is 18.3 Å². The van der Waals surface area contributed by atoms with Crippen LogP contribution in [0.1, 0.15) is 23.9 Å². The maximum atomic E-state index is 6.13. The Kier molecular flexibility index (Phi) is 2.71. The molecule has 1 aliphatic heterocycles. The number of aromatic nitrogens is 4. The molecular weight excluding hydrogens is 228 g/mol. The molecule has 2 N–H and O–H groups in total. The van der Waals surface area contributed by atoms with Gasteiger partial charge in [0.1, 0.15) is 0 Å². The number of hydrogen-bond donors (Lipinski definition) is 1. The van der Waals surface area contributed by atoms with E-state index in [1.54, 1.807) is 7.05 Å². The van der Waals surface area contributed by atoms with E-state index in [4.69, 9.17) is 5.73 Å². The average Bonchev–Trinajstić information content (AvgIpc) is 2.79. The van der Waals surface area contributed by atoms with Crippen molar-refractivity contribution in [2.75, 3.05) is 11.4 Å². The molecule has 0 amide bonds. The van der Waals surface area contributed by atoms with E-state index in [-0.39, 0.29) is 6.04 Å². The van der Waals surface area contributed by atoms with Crippen LogP contribution in [-0.4, -0.2) is 26.8 Å². The first-order chi connectivity index (χ1) is 8.74. The van der Waals surface area contributed by atoms with Crippen molar-refractivity contribution < 1.29 is 0 Å². The summed E-state index contributed by atoms with van der Waals surface area (Å²) in [6.45, 7) is 1.61. The van der Waals surface area contributed by atoms with E-state index >= 15 is 0 Å². The molecule has 3 rings (SSSR count). The molecule has 1 atom stereocenters. The molecule has 0 fully saturated rings. The van der Waals surface area contributed by atoms with Crippen LogP contribution in [0.5, 0.6) is 0 Å². The van der Waals surface area contributed by atoms with E-state index in [1.807, 2.05) is 12.1 Å². The van der Waals surface area contributed by atoms with Gasteiger partial charge in [0.05, 0.1) is 13.6 Å². The number of fused-ring (bicyclic) bond motifs is 1. The second-order valence-electron chi connectivity index (χ2n) is 4.57. The average molecular weight is 244 g/mol. The summed E-state index contributed by atoms with van der Waals surface area (Å²) in [5, 5.41) is 12.1. The monoisotopic (exact) mass is 244 g/mol. The van der Waals surface area contributed by atoms with Gasteiger partial charge in [-0.25, -0.2) is 0 Å². The van der Waals surface area contributed by atoms with Gasteiger partial charge in [-0.05, 0) is 23.3 Å². The first-order valence-corrected chi connectivity index (χ1v) is 6.06. The summed E-state index contributed by atoms with van der Waals surface area (Å²) in [7, 11) is 1.77. The SMILES string of the molecule is Cn1nnc(CN2CCC(N)c3ccccc32)n1. The van der Waals surface area contributed by atoms with Crippen molar-refractivity contribution in [1.82, 2.24) is 20.2 Å². The smallest absolute Gasteiger partial charge is 0.193 e. The summed E-state index contributed by atoms with van der Waals surface area (Å²) in [6.07, 6.45) is 0.956. The van der Waals surface area contributed by atoms with Gasteiger partial charge < -0.3 is 10.6 Å². The van der Waals surface area contributed by atoms with Crippen LogP contribution >= 0.6 is 0 Å². The highest BCUT2D eigenvalue weighted by molar-refractivity contribution is 5.56. The Morgan fingerprint density at radius 2 is 2.22 bits per heavy atom. The molecule has 94 valence electrons. The maximum Gasteiger partial charge on any atom is 0.193 e. The fraction of sp³-hybridized carbons (Fsp3) is 0.417. The summed E-state index contributed by atoms with van der Waals surface area (Å²) >= 11 is 0. The van der Waals surface area contributed by atoms with Crippen molar-refractivity contribution in [3.05, 3.63) is 35.7 Å². The highest BCUT2D eigenvalue weighted by Crippen LogP contribution is 2.32. The largest absolute Gasteiger partial charge is 0.363 e. The molecule has 1 unspecified atom stereocenters. The summed E-state index contributed by atoms with van der Waals surface area (Å²) < 4.78 is 0. The Morgan fingerprint density at radius 3 is 3.00 bits per heavy atom. The molecule has 0 bridgehead atoms. The fourth-order valence-corrected chi connectivity index (χ4v) is 2.38. The predicted octanol–water partition coefficient (Wildman–Crippen LogP) is 0.620. The highest BCUT2D eigenvalue weighted by Gasteiger charge is 2.22. The molecule has 2 aromatic rings. The van der Waals surface area contributed by atoms with E-state index in [2.05, 4.69) is 32.4 Å². The quantitative estimate of drug-likeness (QED) is 0.838. The third-order valence-electron chi connectivity index (χ3n) is 3.27. The zero-order valence-corrected chi connectivity index (χ0v) is 10.3. The van der Waals surface area contributed by atoms with Crippen LogP contribution in [-0.2, 0) is 13.6 Å². The zero-order valence-electron chi connectivity index (χ0n) is 10.3. The van der Waals surface area contributed by atoms with Crippen LogP contribution in [0.3, 0.4) is 0 Å². The van der Waals surface area contributed by atoms with Crippen molar-refractivity contribution in [3.63, 3.8) is 0 Å². The Bertz CT molecular complexity index is 549. The van der Waals surface area contributed by atoms with Gasteiger partial charge in [-0.1, -0.05) is 18.2 Å². The predicted molar refractivity (Wildman–Crippen MR) is 67.8 cm³/mol. The lowest BCUT2D eigenvalue weighted by Gasteiger charge is -2.33. The molecule has 0 radical (unpaired) electrons.